The van der Waals surface area contributed by atoms with E-state index in [1.54, 1.807) is 13.8 Å². The SMILES string of the molecule is C[C@H](CC[C@@H](O[C@@H]1O[C@H](CO)[C@@H](O)[C@H](O)[C@H]1O)C(C)(C)O)C1CC[C@@]2(C)C3CC=C4C(CC[C@H](O[C@@H]5O[C@H](CO)[C@@H](O)[C@H](O)[C@@H]5O)C4(C)C)[C@]3(C)[C@H](O)C[C@]12C. The summed E-state index contributed by atoms with van der Waals surface area (Å²) in [6.07, 6.45) is -7.19. The lowest BCUT2D eigenvalue weighted by molar-refractivity contribution is -0.322. The zero-order valence-corrected chi connectivity index (χ0v) is 34.6. The van der Waals surface area contributed by atoms with Crippen LogP contribution >= 0.6 is 0 Å². The highest BCUT2D eigenvalue weighted by molar-refractivity contribution is 5.32. The highest BCUT2D eigenvalue weighted by Gasteiger charge is 2.70. The monoisotopic (exact) mass is 800 g/mol. The number of hydrogen-bond acceptors (Lipinski definition) is 14. The lowest BCUT2D eigenvalue weighted by atomic mass is 9.38. The molecule has 0 bridgehead atoms. The van der Waals surface area contributed by atoms with Gasteiger partial charge in [0.15, 0.2) is 12.6 Å². The van der Waals surface area contributed by atoms with Crippen LogP contribution in [0.25, 0.3) is 0 Å². The van der Waals surface area contributed by atoms with Crippen molar-refractivity contribution in [2.75, 3.05) is 13.2 Å². The Hall–Kier alpha value is -0.820. The van der Waals surface area contributed by atoms with Gasteiger partial charge in [0.1, 0.15) is 48.8 Å². The lowest BCUT2D eigenvalue weighted by Crippen LogP contribution is -2.65. The van der Waals surface area contributed by atoms with E-state index in [0.29, 0.717) is 25.7 Å². The van der Waals surface area contributed by atoms with Gasteiger partial charge in [-0.05, 0) is 99.7 Å². The summed E-state index contributed by atoms with van der Waals surface area (Å²) in [7, 11) is 0. The van der Waals surface area contributed by atoms with Crippen molar-refractivity contribution in [2.45, 2.75) is 192 Å². The second-order valence-corrected chi connectivity index (χ2v) is 20.2. The molecule has 2 saturated heterocycles. The molecule has 324 valence electrons. The molecule has 3 saturated carbocycles. The maximum Gasteiger partial charge on any atom is 0.187 e. The van der Waals surface area contributed by atoms with Crippen LogP contribution in [0.2, 0.25) is 0 Å². The van der Waals surface area contributed by atoms with E-state index in [-0.39, 0.29) is 40.6 Å². The molecule has 0 aromatic carbocycles. The fourth-order valence-corrected chi connectivity index (χ4v) is 12.8. The summed E-state index contributed by atoms with van der Waals surface area (Å²) >= 11 is 0. The molecule has 20 atom stereocenters. The van der Waals surface area contributed by atoms with E-state index < -0.39 is 103 Å². The topological polar surface area (TPSA) is 239 Å². The summed E-state index contributed by atoms with van der Waals surface area (Å²) in [5, 5.41) is 106. The summed E-state index contributed by atoms with van der Waals surface area (Å²) < 4.78 is 23.9. The first-order valence-corrected chi connectivity index (χ1v) is 21.0. The van der Waals surface area contributed by atoms with Crippen LogP contribution in [0.3, 0.4) is 0 Å². The molecule has 2 heterocycles. The van der Waals surface area contributed by atoms with E-state index in [4.69, 9.17) is 18.9 Å². The van der Waals surface area contributed by atoms with Crippen LogP contribution in [0.15, 0.2) is 11.6 Å². The number of allylic oxidation sites excluding steroid dienone is 1. The summed E-state index contributed by atoms with van der Waals surface area (Å²) in [5.74, 6) is 0.800. The fourth-order valence-electron chi connectivity index (χ4n) is 12.8. The van der Waals surface area contributed by atoms with Gasteiger partial charge in [-0.15, -0.1) is 0 Å². The van der Waals surface area contributed by atoms with E-state index >= 15 is 0 Å². The predicted molar refractivity (Wildman–Crippen MR) is 202 cm³/mol. The molecule has 0 spiro atoms. The van der Waals surface area contributed by atoms with Gasteiger partial charge in [0.2, 0.25) is 0 Å². The van der Waals surface area contributed by atoms with Crippen LogP contribution in [-0.2, 0) is 18.9 Å². The van der Waals surface area contributed by atoms with Gasteiger partial charge < -0.3 is 70.0 Å². The summed E-state index contributed by atoms with van der Waals surface area (Å²) in [6.45, 7) is 15.7. The minimum absolute atomic E-state index is 0.0712. The average molecular weight is 801 g/mol. The number of aliphatic hydroxyl groups excluding tert-OH is 9. The van der Waals surface area contributed by atoms with Gasteiger partial charge in [-0.2, -0.15) is 0 Å². The van der Waals surface area contributed by atoms with E-state index in [1.165, 1.54) is 5.57 Å². The molecule has 0 radical (unpaired) electrons. The van der Waals surface area contributed by atoms with Gasteiger partial charge >= 0.3 is 0 Å². The maximum atomic E-state index is 12.5. The summed E-state index contributed by atoms with van der Waals surface area (Å²) in [4.78, 5) is 0. The second kappa shape index (κ2) is 15.9. The van der Waals surface area contributed by atoms with Crippen LogP contribution < -0.4 is 0 Å². The van der Waals surface area contributed by atoms with Gasteiger partial charge in [-0.3, -0.25) is 0 Å². The van der Waals surface area contributed by atoms with Crippen molar-refractivity contribution in [3.63, 3.8) is 0 Å². The standard InChI is InChI=1S/C42H72O14/c1-20(9-13-29(39(4,5)52)56-37-35(51)33(49)31(47)25(19-44)54-37)21-15-16-40(6)26-12-10-22-23(42(26,8)27(45)17-41(21,40)7)11-14-28(38(22,2)3)55-36-34(50)32(48)30(46)24(18-43)53-36/h10,20-21,23-37,43-52H,9,11-19H2,1-8H3/t20-,21?,23?,24-,25-,26?,27-,28+,29-,30-,31-,32+,33+,34+,35-,36+,37+,40+,41-,42+/m1/s1. The normalized spacial score (nSPS) is 50.3. The van der Waals surface area contributed by atoms with Crippen molar-refractivity contribution in [3.8, 4) is 0 Å². The molecule has 14 nitrogen and oxygen atoms in total. The highest BCUT2D eigenvalue weighted by Crippen LogP contribution is 2.75. The predicted octanol–water partition coefficient (Wildman–Crippen LogP) is 1.12. The minimum Gasteiger partial charge on any atom is -0.394 e. The van der Waals surface area contributed by atoms with Gasteiger partial charge in [0.25, 0.3) is 0 Å². The van der Waals surface area contributed by atoms with E-state index in [1.807, 2.05) is 0 Å². The minimum atomic E-state index is -1.58. The Labute approximate surface area is 331 Å². The molecule has 0 amide bonds. The van der Waals surface area contributed by atoms with Crippen LogP contribution in [-0.4, -0.2) is 150 Å². The molecule has 56 heavy (non-hydrogen) atoms. The third-order valence-corrected chi connectivity index (χ3v) is 16.6. The van der Waals surface area contributed by atoms with Crippen LogP contribution in [0, 0.1) is 45.3 Å². The zero-order chi connectivity index (χ0) is 41.5. The van der Waals surface area contributed by atoms with E-state index in [0.717, 1.165) is 25.7 Å². The summed E-state index contributed by atoms with van der Waals surface area (Å²) in [5.41, 5.74) is -1.23. The van der Waals surface area contributed by atoms with Crippen molar-refractivity contribution >= 4 is 0 Å². The quantitative estimate of drug-likeness (QED) is 0.132. The Kier molecular flexibility index (Phi) is 12.7. The number of ether oxygens (including phenoxy) is 4. The second-order valence-electron chi connectivity index (χ2n) is 20.2. The Morgan fingerprint density at radius 3 is 1.91 bits per heavy atom. The molecular formula is C42H72O14. The zero-order valence-electron chi connectivity index (χ0n) is 34.6. The van der Waals surface area contributed by atoms with Crippen molar-refractivity contribution in [1.29, 1.82) is 0 Å². The molecule has 6 rings (SSSR count). The lowest BCUT2D eigenvalue weighted by Gasteiger charge is -2.67. The smallest absolute Gasteiger partial charge is 0.187 e. The number of fused-ring (bicyclic) bond motifs is 5. The molecule has 0 aromatic heterocycles. The molecular weight excluding hydrogens is 728 g/mol. The molecule has 6 aliphatic rings. The molecule has 0 aromatic rings. The third kappa shape index (κ3) is 7.16. The van der Waals surface area contributed by atoms with Crippen LogP contribution in [0.1, 0.15) is 107 Å². The Morgan fingerprint density at radius 2 is 1.34 bits per heavy atom. The average Bonchev–Trinajstić information content (AvgIpc) is 3.40. The van der Waals surface area contributed by atoms with Crippen molar-refractivity contribution < 1.29 is 70.0 Å². The Balaban J connectivity index is 1.17. The molecule has 10 N–H and O–H groups in total. The molecule has 5 fully saturated rings. The maximum absolute atomic E-state index is 12.5. The largest absolute Gasteiger partial charge is 0.394 e. The van der Waals surface area contributed by atoms with E-state index in [9.17, 15) is 51.1 Å². The van der Waals surface area contributed by atoms with E-state index in [2.05, 4.69) is 47.6 Å². The van der Waals surface area contributed by atoms with Gasteiger partial charge in [-0.1, -0.05) is 53.2 Å². The van der Waals surface area contributed by atoms with Crippen molar-refractivity contribution in [3.05, 3.63) is 11.6 Å². The highest BCUT2D eigenvalue weighted by atomic mass is 16.7. The summed E-state index contributed by atoms with van der Waals surface area (Å²) in [6, 6.07) is 0. The first-order valence-electron chi connectivity index (χ1n) is 21.0. The molecule has 2 aliphatic heterocycles. The van der Waals surface area contributed by atoms with Crippen LogP contribution in [0.5, 0.6) is 0 Å². The molecule has 3 unspecified atom stereocenters. The molecule has 4 aliphatic carbocycles. The van der Waals surface area contributed by atoms with Gasteiger partial charge in [0.05, 0.1) is 37.1 Å². The Bertz CT molecular complexity index is 1400. The number of aliphatic hydroxyl groups is 10. The Morgan fingerprint density at radius 1 is 0.768 bits per heavy atom. The van der Waals surface area contributed by atoms with Gasteiger partial charge in [-0.25, -0.2) is 0 Å². The third-order valence-electron chi connectivity index (χ3n) is 16.6. The fraction of sp³-hybridized carbons (Fsp3) is 0.952. The van der Waals surface area contributed by atoms with Crippen molar-refractivity contribution in [2.24, 2.45) is 45.3 Å². The van der Waals surface area contributed by atoms with Crippen molar-refractivity contribution in [1.82, 2.24) is 0 Å². The molecule has 14 heteroatoms. The number of rotatable bonds is 11. The number of hydrogen-bond donors (Lipinski definition) is 10. The first-order chi connectivity index (χ1) is 26.0. The van der Waals surface area contributed by atoms with Gasteiger partial charge in [0, 0.05) is 10.8 Å². The van der Waals surface area contributed by atoms with Crippen LogP contribution in [0.4, 0.5) is 0 Å². The first kappa shape index (κ1) is 44.7.